The van der Waals surface area contributed by atoms with Crippen molar-refractivity contribution in [3.05, 3.63) is 0 Å². The summed E-state index contributed by atoms with van der Waals surface area (Å²) in [6, 6.07) is 0. The number of ketones is 1. The predicted octanol–water partition coefficient (Wildman–Crippen LogP) is 1.26. The molecule has 0 spiro atoms. The van der Waals surface area contributed by atoms with Crippen molar-refractivity contribution in [1.82, 2.24) is 0 Å². The van der Waals surface area contributed by atoms with Gasteiger partial charge in [-0.3, -0.25) is 4.79 Å². The van der Waals surface area contributed by atoms with E-state index in [1.165, 1.54) is 0 Å². The van der Waals surface area contributed by atoms with Crippen molar-refractivity contribution in [2.45, 2.75) is 26.4 Å². The van der Waals surface area contributed by atoms with Gasteiger partial charge in [0.2, 0.25) is 0 Å². The lowest BCUT2D eigenvalue weighted by Crippen LogP contribution is -2.34. The highest BCUT2D eigenvalue weighted by Gasteiger charge is 2.31. The summed E-state index contributed by atoms with van der Waals surface area (Å²) < 4.78 is 10.4. The lowest BCUT2D eigenvalue weighted by Gasteiger charge is -2.20. The fourth-order valence-electron chi connectivity index (χ4n) is 1.71. The standard InChI is InChI=1S/C10H18O3/c1-7(2)10(12-3)9(11)8-4-5-13-6-8/h7-8,10H,4-6H2,1-3H3. The molecular weight excluding hydrogens is 168 g/mol. The molecule has 1 saturated heterocycles. The third-order valence-corrected chi connectivity index (χ3v) is 2.47. The minimum absolute atomic E-state index is 0.0624. The molecule has 0 saturated carbocycles. The first-order valence-corrected chi connectivity index (χ1v) is 4.81. The molecule has 1 heterocycles. The lowest BCUT2D eigenvalue weighted by atomic mass is 9.93. The minimum Gasteiger partial charge on any atom is -0.381 e. The van der Waals surface area contributed by atoms with Crippen LogP contribution in [0.1, 0.15) is 20.3 Å². The summed E-state index contributed by atoms with van der Waals surface area (Å²) in [5.74, 6) is 0.514. The van der Waals surface area contributed by atoms with Gasteiger partial charge < -0.3 is 9.47 Å². The first-order valence-electron chi connectivity index (χ1n) is 4.81. The Balaban J connectivity index is 2.52. The minimum atomic E-state index is -0.258. The topological polar surface area (TPSA) is 35.5 Å². The molecule has 0 aromatic rings. The van der Waals surface area contributed by atoms with E-state index in [1.54, 1.807) is 7.11 Å². The molecule has 76 valence electrons. The van der Waals surface area contributed by atoms with Gasteiger partial charge in [-0.15, -0.1) is 0 Å². The van der Waals surface area contributed by atoms with Gasteiger partial charge in [-0.05, 0) is 12.3 Å². The van der Waals surface area contributed by atoms with Gasteiger partial charge in [0.1, 0.15) is 6.10 Å². The molecule has 0 amide bonds. The van der Waals surface area contributed by atoms with Crippen molar-refractivity contribution < 1.29 is 14.3 Å². The Hall–Kier alpha value is -0.410. The van der Waals surface area contributed by atoms with Gasteiger partial charge in [0.05, 0.1) is 6.61 Å². The maximum Gasteiger partial charge on any atom is 0.167 e. The lowest BCUT2D eigenvalue weighted by molar-refractivity contribution is -0.135. The Morgan fingerprint density at radius 3 is 2.62 bits per heavy atom. The van der Waals surface area contributed by atoms with Crippen LogP contribution in [0.5, 0.6) is 0 Å². The second-order valence-corrected chi connectivity index (χ2v) is 3.86. The van der Waals surface area contributed by atoms with Crippen molar-refractivity contribution in [2.75, 3.05) is 20.3 Å². The zero-order valence-corrected chi connectivity index (χ0v) is 8.58. The molecule has 3 nitrogen and oxygen atoms in total. The van der Waals surface area contributed by atoms with Gasteiger partial charge in [-0.25, -0.2) is 0 Å². The summed E-state index contributed by atoms with van der Waals surface area (Å²) in [5, 5.41) is 0. The predicted molar refractivity (Wildman–Crippen MR) is 49.6 cm³/mol. The SMILES string of the molecule is COC(C(=O)C1CCOC1)C(C)C. The quantitative estimate of drug-likeness (QED) is 0.663. The number of Topliss-reactive ketones (excluding diaryl/α,β-unsaturated/α-hetero) is 1. The second kappa shape index (κ2) is 4.72. The summed E-state index contributed by atoms with van der Waals surface area (Å²) >= 11 is 0. The highest BCUT2D eigenvalue weighted by Crippen LogP contribution is 2.19. The van der Waals surface area contributed by atoms with Crippen LogP contribution >= 0.6 is 0 Å². The highest BCUT2D eigenvalue weighted by molar-refractivity contribution is 5.86. The fourth-order valence-corrected chi connectivity index (χ4v) is 1.71. The van der Waals surface area contributed by atoms with Crippen LogP contribution in [-0.2, 0) is 14.3 Å². The molecule has 1 aliphatic rings. The molecule has 0 bridgehead atoms. The van der Waals surface area contributed by atoms with Crippen molar-refractivity contribution in [2.24, 2.45) is 11.8 Å². The summed E-state index contributed by atoms with van der Waals surface area (Å²) in [7, 11) is 1.60. The van der Waals surface area contributed by atoms with Crippen molar-refractivity contribution >= 4 is 5.78 Å². The smallest absolute Gasteiger partial charge is 0.167 e. The molecule has 0 N–H and O–H groups in total. The number of hydrogen-bond donors (Lipinski definition) is 0. The summed E-state index contributed by atoms with van der Waals surface area (Å²) in [4.78, 5) is 11.8. The second-order valence-electron chi connectivity index (χ2n) is 3.86. The van der Waals surface area contributed by atoms with Gasteiger partial charge in [-0.2, -0.15) is 0 Å². The van der Waals surface area contributed by atoms with Crippen molar-refractivity contribution in [3.63, 3.8) is 0 Å². The van der Waals surface area contributed by atoms with Gasteiger partial charge in [0.25, 0.3) is 0 Å². The number of hydrogen-bond acceptors (Lipinski definition) is 3. The Morgan fingerprint density at radius 2 is 2.23 bits per heavy atom. The summed E-state index contributed by atoms with van der Waals surface area (Å²) in [5.41, 5.74) is 0. The van der Waals surface area contributed by atoms with E-state index in [0.29, 0.717) is 13.2 Å². The van der Waals surface area contributed by atoms with Crippen LogP contribution in [0.15, 0.2) is 0 Å². The number of ether oxygens (including phenoxy) is 2. The molecule has 0 radical (unpaired) electrons. The normalized spacial score (nSPS) is 25.1. The zero-order valence-electron chi connectivity index (χ0n) is 8.58. The van der Waals surface area contributed by atoms with E-state index in [-0.39, 0.29) is 23.7 Å². The zero-order chi connectivity index (χ0) is 9.84. The molecule has 1 fully saturated rings. The van der Waals surface area contributed by atoms with Gasteiger partial charge >= 0.3 is 0 Å². The number of methoxy groups -OCH3 is 1. The number of carbonyl (C=O) groups is 1. The van der Waals surface area contributed by atoms with E-state index in [0.717, 1.165) is 6.42 Å². The third kappa shape index (κ3) is 2.51. The number of carbonyl (C=O) groups excluding carboxylic acids is 1. The third-order valence-electron chi connectivity index (χ3n) is 2.47. The largest absolute Gasteiger partial charge is 0.381 e. The average molecular weight is 186 g/mol. The first-order chi connectivity index (χ1) is 6.16. The van der Waals surface area contributed by atoms with Gasteiger partial charge in [0.15, 0.2) is 5.78 Å². The van der Waals surface area contributed by atoms with E-state index in [9.17, 15) is 4.79 Å². The maximum absolute atomic E-state index is 11.8. The van der Waals surface area contributed by atoms with E-state index < -0.39 is 0 Å². The van der Waals surface area contributed by atoms with E-state index in [1.807, 2.05) is 13.8 Å². The summed E-state index contributed by atoms with van der Waals surface area (Å²) in [6.45, 7) is 5.29. The molecule has 2 atom stereocenters. The molecule has 1 rings (SSSR count). The Bertz CT molecular complexity index is 171. The molecule has 0 aliphatic carbocycles. The summed E-state index contributed by atoms with van der Waals surface area (Å²) in [6.07, 6.45) is 0.595. The molecule has 0 aromatic heterocycles. The van der Waals surface area contributed by atoms with E-state index in [4.69, 9.17) is 9.47 Å². The Labute approximate surface area is 79.4 Å². The molecule has 1 aliphatic heterocycles. The van der Waals surface area contributed by atoms with Gasteiger partial charge in [-0.1, -0.05) is 13.8 Å². The molecule has 3 heteroatoms. The Kier molecular flexibility index (Phi) is 3.88. The Morgan fingerprint density at radius 1 is 1.54 bits per heavy atom. The van der Waals surface area contributed by atoms with Crippen LogP contribution < -0.4 is 0 Å². The highest BCUT2D eigenvalue weighted by atomic mass is 16.5. The van der Waals surface area contributed by atoms with Gasteiger partial charge in [0, 0.05) is 19.6 Å². The average Bonchev–Trinajstić information content (AvgIpc) is 2.56. The van der Waals surface area contributed by atoms with Crippen LogP contribution in [0.3, 0.4) is 0 Å². The fraction of sp³-hybridized carbons (Fsp3) is 0.900. The van der Waals surface area contributed by atoms with Crippen LogP contribution in [0.4, 0.5) is 0 Å². The van der Waals surface area contributed by atoms with Crippen molar-refractivity contribution in [3.8, 4) is 0 Å². The first kappa shape index (κ1) is 10.7. The monoisotopic (exact) mass is 186 g/mol. The maximum atomic E-state index is 11.8. The van der Waals surface area contributed by atoms with Crippen LogP contribution in [0.25, 0.3) is 0 Å². The van der Waals surface area contributed by atoms with Crippen molar-refractivity contribution in [1.29, 1.82) is 0 Å². The molecular formula is C10H18O3. The van der Waals surface area contributed by atoms with Crippen LogP contribution in [0.2, 0.25) is 0 Å². The molecule has 13 heavy (non-hydrogen) atoms. The number of rotatable bonds is 4. The molecule has 0 aromatic carbocycles. The van der Waals surface area contributed by atoms with E-state index >= 15 is 0 Å². The molecule has 2 unspecified atom stereocenters. The van der Waals surface area contributed by atoms with Crippen LogP contribution in [0, 0.1) is 11.8 Å². The van der Waals surface area contributed by atoms with Crippen LogP contribution in [-0.4, -0.2) is 32.2 Å². The van der Waals surface area contributed by atoms with E-state index in [2.05, 4.69) is 0 Å².